The average Bonchev–Trinajstić information content (AvgIpc) is 2.36. The number of nitrogens with one attached hydrogen (secondary N) is 1. The van der Waals surface area contributed by atoms with Crippen LogP contribution in [0.2, 0.25) is 0 Å². The highest BCUT2D eigenvalue weighted by Crippen LogP contribution is 2.34. The third kappa shape index (κ3) is 5.00. The number of nitriles is 1. The summed E-state index contributed by atoms with van der Waals surface area (Å²) in [6, 6.07) is 2.23. The van der Waals surface area contributed by atoms with E-state index in [4.69, 9.17) is 0 Å². The smallest absolute Gasteiger partial charge is 0.300 e. The first-order valence-corrected chi connectivity index (χ1v) is 6.76. The molecular formula is C13H22F3N3. The van der Waals surface area contributed by atoms with Crippen molar-refractivity contribution in [2.24, 2.45) is 5.92 Å². The van der Waals surface area contributed by atoms with E-state index in [0.29, 0.717) is 19.6 Å². The van der Waals surface area contributed by atoms with Crippen molar-refractivity contribution in [1.29, 1.82) is 5.26 Å². The number of piperidine rings is 1. The molecule has 3 nitrogen and oxygen atoms in total. The Hall–Kier alpha value is -0.800. The van der Waals surface area contributed by atoms with E-state index >= 15 is 0 Å². The molecule has 1 fully saturated rings. The second kappa shape index (κ2) is 6.58. The van der Waals surface area contributed by atoms with E-state index in [9.17, 15) is 18.4 Å². The Morgan fingerprint density at radius 1 is 1.32 bits per heavy atom. The highest BCUT2D eigenvalue weighted by molar-refractivity contribution is 5.06. The molecule has 0 radical (unpaired) electrons. The van der Waals surface area contributed by atoms with Crippen molar-refractivity contribution in [3.63, 3.8) is 0 Å². The van der Waals surface area contributed by atoms with Crippen molar-refractivity contribution in [3.8, 4) is 6.07 Å². The van der Waals surface area contributed by atoms with Crippen LogP contribution in [0.15, 0.2) is 0 Å². The number of rotatable bonds is 5. The van der Waals surface area contributed by atoms with Crippen LogP contribution in [0.1, 0.15) is 33.1 Å². The third-order valence-corrected chi connectivity index (χ3v) is 3.60. The van der Waals surface area contributed by atoms with Crippen LogP contribution in [0.3, 0.4) is 0 Å². The highest BCUT2D eigenvalue weighted by Gasteiger charge is 2.41. The lowest BCUT2D eigenvalue weighted by molar-refractivity contribution is -0.185. The van der Waals surface area contributed by atoms with Crippen LogP contribution in [-0.2, 0) is 0 Å². The lowest BCUT2D eigenvalue weighted by Crippen LogP contribution is -2.52. The normalized spacial score (nSPS) is 21.9. The molecule has 0 aromatic heterocycles. The first-order chi connectivity index (χ1) is 8.80. The Bertz CT molecular complexity index is 316. The van der Waals surface area contributed by atoms with Crippen molar-refractivity contribution in [2.75, 3.05) is 26.2 Å². The lowest BCUT2D eigenvalue weighted by atomic mass is 9.94. The standard InChI is InChI=1S/C13H22F3N3/c1-3-6-18-12(2,9-17)10-19-7-4-11(5-8-19)13(14,15)16/h11,18H,3-8,10H2,1-2H3. The highest BCUT2D eigenvalue weighted by atomic mass is 19.4. The van der Waals surface area contributed by atoms with E-state index in [1.54, 1.807) is 6.92 Å². The molecule has 0 aliphatic carbocycles. The minimum absolute atomic E-state index is 0.138. The van der Waals surface area contributed by atoms with Gasteiger partial charge in [0.1, 0.15) is 5.54 Å². The Kier molecular flexibility index (Phi) is 5.63. The summed E-state index contributed by atoms with van der Waals surface area (Å²) in [7, 11) is 0. The molecular weight excluding hydrogens is 255 g/mol. The Labute approximate surface area is 112 Å². The van der Waals surface area contributed by atoms with Crippen LogP contribution >= 0.6 is 0 Å². The van der Waals surface area contributed by atoms with Gasteiger partial charge in [-0.25, -0.2) is 0 Å². The summed E-state index contributed by atoms with van der Waals surface area (Å²) in [5.41, 5.74) is -0.679. The number of likely N-dealkylation sites (tertiary alicyclic amines) is 1. The summed E-state index contributed by atoms with van der Waals surface area (Å²) >= 11 is 0. The Morgan fingerprint density at radius 3 is 2.32 bits per heavy atom. The summed E-state index contributed by atoms with van der Waals surface area (Å²) in [6.45, 7) is 5.86. The number of nitrogens with zero attached hydrogens (tertiary/aromatic N) is 2. The summed E-state index contributed by atoms with van der Waals surface area (Å²) in [4.78, 5) is 1.95. The van der Waals surface area contributed by atoms with Gasteiger partial charge in [0, 0.05) is 6.54 Å². The zero-order valence-corrected chi connectivity index (χ0v) is 11.6. The second-order valence-corrected chi connectivity index (χ2v) is 5.46. The molecule has 19 heavy (non-hydrogen) atoms. The van der Waals surface area contributed by atoms with Crippen molar-refractivity contribution in [2.45, 2.75) is 44.8 Å². The maximum atomic E-state index is 12.6. The maximum Gasteiger partial charge on any atom is 0.391 e. The van der Waals surface area contributed by atoms with Crippen molar-refractivity contribution >= 4 is 0 Å². The summed E-state index contributed by atoms with van der Waals surface area (Å²) in [5, 5.41) is 12.4. The second-order valence-electron chi connectivity index (χ2n) is 5.46. The minimum atomic E-state index is -4.08. The fourth-order valence-corrected chi connectivity index (χ4v) is 2.40. The van der Waals surface area contributed by atoms with Gasteiger partial charge in [-0.3, -0.25) is 5.32 Å². The minimum Gasteiger partial charge on any atom is -0.300 e. The fraction of sp³-hybridized carbons (Fsp3) is 0.923. The lowest BCUT2D eigenvalue weighted by Gasteiger charge is -2.36. The van der Waals surface area contributed by atoms with Crippen LogP contribution in [0.4, 0.5) is 13.2 Å². The molecule has 0 aromatic rings. The van der Waals surface area contributed by atoms with Crippen molar-refractivity contribution in [3.05, 3.63) is 0 Å². The average molecular weight is 277 g/mol. The van der Waals surface area contributed by atoms with Gasteiger partial charge in [-0.2, -0.15) is 18.4 Å². The third-order valence-electron chi connectivity index (χ3n) is 3.60. The van der Waals surface area contributed by atoms with E-state index in [2.05, 4.69) is 11.4 Å². The van der Waals surface area contributed by atoms with Crippen LogP contribution < -0.4 is 5.32 Å². The van der Waals surface area contributed by atoms with Crippen LogP contribution in [-0.4, -0.2) is 42.8 Å². The van der Waals surface area contributed by atoms with Crippen molar-refractivity contribution in [1.82, 2.24) is 10.2 Å². The SMILES string of the molecule is CCCNC(C)(C#N)CN1CCC(C(F)(F)F)CC1. The van der Waals surface area contributed by atoms with E-state index in [-0.39, 0.29) is 12.8 Å². The topological polar surface area (TPSA) is 39.1 Å². The van der Waals surface area contributed by atoms with Crippen LogP contribution in [0.5, 0.6) is 0 Å². The molecule has 110 valence electrons. The number of halogens is 3. The molecule has 1 N–H and O–H groups in total. The van der Waals surface area contributed by atoms with Crippen molar-refractivity contribution < 1.29 is 13.2 Å². The first kappa shape index (κ1) is 16.3. The molecule has 0 saturated carbocycles. The molecule has 1 unspecified atom stereocenters. The number of hydrogen-bond donors (Lipinski definition) is 1. The molecule has 6 heteroatoms. The van der Waals surface area contributed by atoms with E-state index in [1.165, 1.54) is 0 Å². The van der Waals surface area contributed by atoms with Gasteiger partial charge < -0.3 is 4.90 Å². The summed E-state index contributed by atoms with van der Waals surface area (Å²) < 4.78 is 37.7. The fourth-order valence-electron chi connectivity index (χ4n) is 2.40. The molecule has 0 amide bonds. The Balaban J connectivity index is 2.46. The van der Waals surface area contributed by atoms with Gasteiger partial charge in [-0.15, -0.1) is 0 Å². The quantitative estimate of drug-likeness (QED) is 0.839. The summed E-state index contributed by atoms with van der Waals surface area (Å²) in [6.07, 6.45) is -2.88. The van der Waals surface area contributed by atoms with E-state index in [1.807, 2.05) is 11.8 Å². The molecule has 0 spiro atoms. The van der Waals surface area contributed by atoms with Gasteiger partial charge >= 0.3 is 6.18 Å². The van der Waals surface area contributed by atoms with E-state index in [0.717, 1.165) is 13.0 Å². The van der Waals surface area contributed by atoms with Gasteiger partial charge in [-0.05, 0) is 45.8 Å². The predicted octanol–water partition coefficient (Wildman–Crippen LogP) is 2.54. The zero-order valence-electron chi connectivity index (χ0n) is 11.6. The van der Waals surface area contributed by atoms with Crippen LogP contribution in [0, 0.1) is 17.2 Å². The molecule has 0 aromatic carbocycles. The molecule has 1 heterocycles. The monoisotopic (exact) mass is 277 g/mol. The Morgan fingerprint density at radius 2 is 1.89 bits per heavy atom. The van der Waals surface area contributed by atoms with Gasteiger partial charge in [0.25, 0.3) is 0 Å². The van der Waals surface area contributed by atoms with Gasteiger partial charge in [0.2, 0.25) is 0 Å². The largest absolute Gasteiger partial charge is 0.391 e. The maximum absolute atomic E-state index is 12.6. The van der Waals surface area contributed by atoms with Crippen LogP contribution in [0.25, 0.3) is 0 Å². The van der Waals surface area contributed by atoms with Gasteiger partial charge in [0.05, 0.1) is 12.0 Å². The molecule has 1 rings (SSSR count). The zero-order chi connectivity index (χ0) is 14.5. The molecule has 0 bridgehead atoms. The first-order valence-electron chi connectivity index (χ1n) is 6.76. The summed E-state index contributed by atoms with van der Waals surface area (Å²) in [5.74, 6) is -1.18. The van der Waals surface area contributed by atoms with Gasteiger partial charge in [0.15, 0.2) is 0 Å². The molecule has 1 aliphatic heterocycles. The number of alkyl halides is 3. The molecule has 1 saturated heterocycles. The predicted molar refractivity (Wildman–Crippen MR) is 67.5 cm³/mol. The van der Waals surface area contributed by atoms with Gasteiger partial charge in [-0.1, -0.05) is 6.92 Å². The molecule has 1 aliphatic rings. The van der Waals surface area contributed by atoms with E-state index < -0.39 is 17.6 Å². The number of hydrogen-bond acceptors (Lipinski definition) is 3. The molecule has 1 atom stereocenters.